The van der Waals surface area contributed by atoms with Crippen molar-refractivity contribution in [3.05, 3.63) is 29.3 Å². The number of anilines is 2. The lowest BCUT2D eigenvalue weighted by Gasteiger charge is -2.31. The van der Waals surface area contributed by atoms with E-state index in [1.54, 1.807) is 0 Å². The number of nitrogens with zero attached hydrogens (tertiary/aromatic N) is 2. The first-order valence-electron chi connectivity index (χ1n) is 10.4. The van der Waals surface area contributed by atoms with Crippen molar-refractivity contribution in [1.29, 1.82) is 0 Å². The van der Waals surface area contributed by atoms with Crippen LogP contribution in [-0.4, -0.2) is 51.5 Å². The molecular weight excluding hydrogens is 340 g/mol. The Morgan fingerprint density at radius 1 is 0.926 bits per heavy atom. The Bertz CT molecular complexity index is 753. The first kappa shape index (κ1) is 17.3. The zero-order valence-corrected chi connectivity index (χ0v) is 15.9. The Kier molecular flexibility index (Phi) is 4.66. The maximum absolute atomic E-state index is 13.6. The van der Waals surface area contributed by atoms with Gasteiger partial charge in [-0.2, -0.15) is 0 Å². The van der Waals surface area contributed by atoms with Crippen LogP contribution in [0.15, 0.2) is 23.8 Å². The van der Waals surface area contributed by atoms with E-state index in [1.807, 2.05) is 0 Å². The molecular formula is C22H28N2O3. The van der Waals surface area contributed by atoms with Gasteiger partial charge in [-0.3, -0.25) is 4.79 Å². The summed E-state index contributed by atoms with van der Waals surface area (Å²) >= 11 is 0. The van der Waals surface area contributed by atoms with Crippen LogP contribution in [0.25, 0.3) is 5.57 Å². The molecule has 0 aromatic heterocycles. The van der Waals surface area contributed by atoms with Crippen LogP contribution < -0.4 is 9.80 Å². The van der Waals surface area contributed by atoms with Crippen molar-refractivity contribution in [2.45, 2.75) is 44.6 Å². The molecule has 0 spiro atoms. The minimum atomic E-state index is 0.201. The Morgan fingerprint density at radius 2 is 1.63 bits per heavy atom. The van der Waals surface area contributed by atoms with Gasteiger partial charge in [0.05, 0.1) is 18.9 Å². The Balaban J connectivity index is 1.58. The molecule has 0 bridgehead atoms. The Labute approximate surface area is 160 Å². The lowest BCUT2D eigenvalue weighted by Crippen LogP contribution is -2.41. The van der Waals surface area contributed by atoms with Gasteiger partial charge in [0, 0.05) is 49.2 Å². The summed E-state index contributed by atoms with van der Waals surface area (Å²) in [6.07, 6.45) is 6.10. The molecule has 0 N–H and O–H groups in total. The van der Waals surface area contributed by atoms with E-state index in [0.29, 0.717) is 0 Å². The first-order chi connectivity index (χ1) is 13.3. The van der Waals surface area contributed by atoms with Gasteiger partial charge in [0.15, 0.2) is 0 Å². The predicted molar refractivity (Wildman–Crippen MR) is 106 cm³/mol. The SMILES string of the molecule is O=C1C(=C2CCOCC2)c2cc(N3CCCC3)ccc2N1C1CCOCC1. The second-order valence-electron chi connectivity index (χ2n) is 8.01. The number of ether oxygens (including phenoxy) is 2. The van der Waals surface area contributed by atoms with E-state index in [-0.39, 0.29) is 11.9 Å². The minimum absolute atomic E-state index is 0.201. The fourth-order valence-electron chi connectivity index (χ4n) is 4.97. The molecule has 0 aliphatic carbocycles. The van der Waals surface area contributed by atoms with Crippen molar-refractivity contribution < 1.29 is 14.3 Å². The van der Waals surface area contributed by atoms with E-state index in [0.717, 1.165) is 82.0 Å². The van der Waals surface area contributed by atoms with Gasteiger partial charge in [-0.1, -0.05) is 5.57 Å². The molecule has 5 nitrogen and oxygen atoms in total. The molecule has 4 aliphatic heterocycles. The minimum Gasteiger partial charge on any atom is -0.381 e. The molecule has 1 aromatic rings. The number of rotatable bonds is 2. The van der Waals surface area contributed by atoms with Crippen LogP contribution in [0, 0.1) is 0 Å². The standard InChI is InChI=1S/C22H28N2O3/c25-22-21(16-5-11-26-12-6-16)19-15-18(23-9-1-2-10-23)3-4-20(19)24(22)17-7-13-27-14-8-17/h3-4,15,17H,1-2,5-14H2. The summed E-state index contributed by atoms with van der Waals surface area (Å²) in [6, 6.07) is 6.92. The third-order valence-electron chi connectivity index (χ3n) is 6.42. The van der Waals surface area contributed by atoms with Crippen LogP contribution in [0.5, 0.6) is 0 Å². The molecule has 4 heterocycles. The number of carbonyl (C=O) groups is 1. The Hall–Kier alpha value is -1.85. The highest BCUT2D eigenvalue weighted by atomic mass is 16.5. The van der Waals surface area contributed by atoms with Gasteiger partial charge in [-0.15, -0.1) is 0 Å². The molecule has 5 rings (SSSR count). The van der Waals surface area contributed by atoms with Crippen LogP contribution in [0.4, 0.5) is 11.4 Å². The predicted octanol–water partition coefficient (Wildman–Crippen LogP) is 3.38. The van der Waals surface area contributed by atoms with Crippen LogP contribution in [0.3, 0.4) is 0 Å². The molecule has 0 unspecified atom stereocenters. The van der Waals surface area contributed by atoms with Gasteiger partial charge < -0.3 is 19.3 Å². The normalized spacial score (nSPS) is 24.1. The molecule has 27 heavy (non-hydrogen) atoms. The smallest absolute Gasteiger partial charge is 0.259 e. The average Bonchev–Trinajstić information content (AvgIpc) is 3.34. The van der Waals surface area contributed by atoms with E-state index in [4.69, 9.17) is 9.47 Å². The van der Waals surface area contributed by atoms with E-state index in [9.17, 15) is 4.79 Å². The van der Waals surface area contributed by atoms with Crippen LogP contribution >= 0.6 is 0 Å². The molecule has 3 fully saturated rings. The maximum Gasteiger partial charge on any atom is 0.259 e. The second kappa shape index (κ2) is 7.28. The van der Waals surface area contributed by atoms with E-state index < -0.39 is 0 Å². The van der Waals surface area contributed by atoms with Gasteiger partial charge >= 0.3 is 0 Å². The molecule has 5 heteroatoms. The Morgan fingerprint density at radius 3 is 2.37 bits per heavy atom. The highest BCUT2D eigenvalue weighted by Gasteiger charge is 2.39. The lowest BCUT2D eigenvalue weighted by molar-refractivity contribution is -0.113. The summed E-state index contributed by atoms with van der Waals surface area (Å²) < 4.78 is 11.1. The molecule has 144 valence electrons. The van der Waals surface area contributed by atoms with Crippen molar-refractivity contribution in [3.8, 4) is 0 Å². The highest BCUT2D eigenvalue weighted by Crippen LogP contribution is 2.44. The van der Waals surface area contributed by atoms with Crippen molar-refractivity contribution in [2.75, 3.05) is 49.3 Å². The van der Waals surface area contributed by atoms with Crippen LogP contribution in [-0.2, 0) is 14.3 Å². The summed E-state index contributed by atoms with van der Waals surface area (Å²) in [5.74, 6) is 0.201. The van der Waals surface area contributed by atoms with Gasteiger partial charge in [0.25, 0.3) is 5.91 Å². The van der Waals surface area contributed by atoms with Crippen molar-refractivity contribution >= 4 is 22.9 Å². The van der Waals surface area contributed by atoms with Gasteiger partial charge in [-0.05, 0) is 56.7 Å². The van der Waals surface area contributed by atoms with Gasteiger partial charge in [0.1, 0.15) is 0 Å². The van der Waals surface area contributed by atoms with Crippen LogP contribution in [0.2, 0.25) is 0 Å². The van der Waals surface area contributed by atoms with Crippen molar-refractivity contribution in [1.82, 2.24) is 0 Å². The monoisotopic (exact) mass is 368 g/mol. The fourth-order valence-corrected chi connectivity index (χ4v) is 4.97. The number of hydrogen-bond donors (Lipinski definition) is 0. The number of fused-ring (bicyclic) bond motifs is 1. The average molecular weight is 368 g/mol. The fraction of sp³-hybridized carbons (Fsp3) is 0.591. The molecule has 1 amide bonds. The number of benzene rings is 1. The zero-order valence-electron chi connectivity index (χ0n) is 15.9. The largest absolute Gasteiger partial charge is 0.381 e. The van der Waals surface area contributed by atoms with Gasteiger partial charge in [0.2, 0.25) is 0 Å². The molecule has 3 saturated heterocycles. The van der Waals surface area contributed by atoms with Crippen molar-refractivity contribution in [2.24, 2.45) is 0 Å². The summed E-state index contributed by atoms with van der Waals surface area (Å²) in [6.45, 7) is 5.19. The third kappa shape index (κ3) is 3.07. The number of hydrogen-bond acceptors (Lipinski definition) is 4. The third-order valence-corrected chi connectivity index (χ3v) is 6.42. The topological polar surface area (TPSA) is 42.0 Å². The maximum atomic E-state index is 13.6. The van der Waals surface area contributed by atoms with Crippen molar-refractivity contribution in [3.63, 3.8) is 0 Å². The quantitative estimate of drug-likeness (QED) is 0.751. The second-order valence-corrected chi connectivity index (χ2v) is 8.01. The summed E-state index contributed by atoms with van der Waals surface area (Å²) in [4.78, 5) is 18.1. The van der Waals surface area contributed by atoms with Crippen LogP contribution in [0.1, 0.15) is 44.1 Å². The molecule has 0 radical (unpaired) electrons. The number of amides is 1. The highest BCUT2D eigenvalue weighted by molar-refractivity contribution is 6.33. The lowest BCUT2D eigenvalue weighted by atomic mass is 9.95. The van der Waals surface area contributed by atoms with E-state index in [2.05, 4.69) is 28.0 Å². The van der Waals surface area contributed by atoms with E-state index >= 15 is 0 Å². The molecule has 4 aliphatic rings. The number of carbonyl (C=O) groups excluding carboxylic acids is 1. The molecule has 0 atom stereocenters. The summed E-state index contributed by atoms with van der Waals surface area (Å²) in [5, 5.41) is 0. The zero-order chi connectivity index (χ0) is 18.2. The first-order valence-corrected chi connectivity index (χ1v) is 10.4. The molecule has 0 saturated carbocycles. The summed E-state index contributed by atoms with van der Waals surface area (Å²) in [7, 11) is 0. The summed E-state index contributed by atoms with van der Waals surface area (Å²) in [5.41, 5.74) is 5.75. The van der Waals surface area contributed by atoms with Gasteiger partial charge in [-0.25, -0.2) is 0 Å². The van der Waals surface area contributed by atoms with E-state index in [1.165, 1.54) is 24.1 Å². The molecule has 1 aromatic carbocycles.